The molecule has 1 aromatic heterocycles. The first-order chi connectivity index (χ1) is 12.2. The van der Waals surface area contributed by atoms with Gasteiger partial charge in [0.05, 0.1) is 28.7 Å². The van der Waals surface area contributed by atoms with Gasteiger partial charge in [0.25, 0.3) is 0 Å². The highest BCUT2D eigenvalue weighted by molar-refractivity contribution is 14.0. The van der Waals surface area contributed by atoms with Gasteiger partial charge in [-0.3, -0.25) is 0 Å². The van der Waals surface area contributed by atoms with E-state index in [4.69, 9.17) is 0 Å². The van der Waals surface area contributed by atoms with Crippen molar-refractivity contribution in [2.24, 2.45) is 4.99 Å². The molecule has 2 aromatic rings. The Kier molecular flexibility index (Phi) is 9.16. The van der Waals surface area contributed by atoms with Crippen molar-refractivity contribution in [2.75, 3.05) is 12.8 Å². The number of guanidine groups is 1. The van der Waals surface area contributed by atoms with E-state index in [1.165, 1.54) is 11.1 Å². The summed E-state index contributed by atoms with van der Waals surface area (Å²) in [5, 5.41) is 7.61. The quantitative estimate of drug-likeness (QED) is 0.346. The topological polar surface area (TPSA) is 83.5 Å². The molecule has 2 rings (SSSR count). The van der Waals surface area contributed by atoms with Crippen molar-refractivity contribution in [3.63, 3.8) is 0 Å². The van der Waals surface area contributed by atoms with Crippen LogP contribution in [0.1, 0.15) is 33.6 Å². The molecule has 1 aromatic carbocycles. The van der Waals surface area contributed by atoms with Crippen LogP contribution >= 0.6 is 35.3 Å². The molecular weight excluding hydrogens is 495 g/mol. The maximum absolute atomic E-state index is 11.7. The van der Waals surface area contributed by atoms with Gasteiger partial charge in [0.2, 0.25) is 0 Å². The average Bonchev–Trinajstić information content (AvgIpc) is 2.86. The zero-order valence-corrected chi connectivity index (χ0v) is 20.3. The fourth-order valence-corrected chi connectivity index (χ4v) is 4.48. The maximum Gasteiger partial charge on any atom is 0.191 e. The molecule has 0 radical (unpaired) electrons. The lowest BCUT2D eigenvalue weighted by Gasteiger charge is -2.11. The van der Waals surface area contributed by atoms with Crippen LogP contribution in [0.2, 0.25) is 0 Å². The highest BCUT2D eigenvalue weighted by Gasteiger charge is 2.11. The lowest BCUT2D eigenvalue weighted by atomic mass is 10.1. The second-order valence-electron chi connectivity index (χ2n) is 6.16. The summed E-state index contributed by atoms with van der Waals surface area (Å²) in [5.41, 5.74) is 2.76. The molecule has 0 aliphatic carbocycles. The van der Waals surface area contributed by atoms with Gasteiger partial charge in [-0.1, -0.05) is 12.1 Å². The largest absolute Gasteiger partial charge is 0.357 e. The zero-order valence-electron chi connectivity index (χ0n) is 16.3. The molecule has 0 amide bonds. The van der Waals surface area contributed by atoms with Gasteiger partial charge in [-0.05, 0) is 44.9 Å². The molecule has 0 fully saturated rings. The first-order valence-electron chi connectivity index (χ1n) is 8.45. The Morgan fingerprint density at radius 1 is 1.22 bits per heavy atom. The van der Waals surface area contributed by atoms with E-state index in [2.05, 4.69) is 20.6 Å². The van der Waals surface area contributed by atoms with Crippen molar-refractivity contribution in [3.05, 3.63) is 44.9 Å². The van der Waals surface area contributed by atoms with Gasteiger partial charge >= 0.3 is 0 Å². The second kappa shape index (κ2) is 10.4. The molecule has 0 saturated carbocycles. The number of aromatic nitrogens is 1. The Bertz CT molecular complexity index is 908. The number of hydrogen-bond acceptors (Lipinski definition) is 5. The van der Waals surface area contributed by atoms with E-state index in [9.17, 15) is 8.42 Å². The van der Waals surface area contributed by atoms with Crippen LogP contribution in [0, 0.1) is 20.8 Å². The highest BCUT2D eigenvalue weighted by Crippen LogP contribution is 2.18. The third-order valence-electron chi connectivity index (χ3n) is 3.82. The van der Waals surface area contributed by atoms with Crippen LogP contribution < -0.4 is 10.6 Å². The minimum absolute atomic E-state index is 0. The molecule has 2 N–H and O–H groups in total. The number of benzene rings is 1. The Balaban J connectivity index is 0.00000364. The number of halogens is 1. The molecule has 1 heterocycles. The van der Waals surface area contributed by atoms with Crippen molar-refractivity contribution < 1.29 is 8.42 Å². The highest BCUT2D eigenvalue weighted by atomic mass is 127. The molecule has 0 aliphatic rings. The first-order valence-corrected chi connectivity index (χ1v) is 11.2. The van der Waals surface area contributed by atoms with Gasteiger partial charge in [-0.15, -0.1) is 35.3 Å². The summed E-state index contributed by atoms with van der Waals surface area (Å²) in [7, 11) is -3.20. The van der Waals surface area contributed by atoms with Crippen LogP contribution in [0.3, 0.4) is 0 Å². The lowest BCUT2D eigenvalue weighted by molar-refractivity contribution is 0.601. The Labute approximate surface area is 182 Å². The van der Waals surface area contributed by atoms with E-state index in [-0.39, 0.29) is 24.0 Å². The number of aliphatic imine (C=N–C) groups is 1. The SMILES string of the molecule is CCNC(=NCc1ccc(S(C)(=O)=O)c(C)c1)NCc1sc(C)nc1C.I. The molecule has 6 nitrogen and oxygen atoms in total. The summed E-state index contributed by atoms with van der Waals surface area (Å²) < 4.78 is 23.4. The molecule has 0 unspecified atom stereocenters. The minimum Gasteiger partial charge on any atom is -0.357 e. The van der Waals surface area contributed by atoms with Crippen LogP contribution in [0.25, 0.3) is 0 Å². The Morgan fingerprint density at radius 2 is 1.93 bits per heavy atom. The number of hydrogen-bond donors (Lipinski definition) is 2. The number of nitrogens with zero attached hydrogens (tertiary/aromatic N) is 2. The van der Waals surface area contributed by atoms with Crippen LogP contribution in [0.5, 0.6) is 0 Å². The molecule has 9 heteroatoms. The van der Waals surface area contributed by atoms with Crippen molar-refractivity contribution in [1.82, 2.24) is 15.6 Å². The Morgan fingerprint density at radius 3 is 2.44 bits per heavy atom. The summed E-state index contributed by atoms with van der Waals surface area (Å²) in [6, 6.07) is 5.34. The predicted molar refractivity (Wildman–Crippen MR) is 123 cm³/mol. The van der Waals surface area contributed by atoms with Crippen LogP contribution in [0.4, 0.5) is 0 Å². The predicted octanol–water partition coefficient (Wildman–Crippen LogP) is 3.35. The molecular formula is C18H27IN4O2S2. The summed E-state index contributed by atoms with van der Waals surface area (Å²) in [5.74, 6) is 0.725. The third-order valence-corrected chi connectivity index (χ3v) is 6.15. The van der Waals surface area contributed by atoms with E-state index in [0.717, 1.165) is 34.3 Å². The normalized spacial score (nSPS) is 11.8. The van der Waals surface area contributed by atoms with Crippen LogP contribution in [0.15, 0.2) is 28.1 Å². The fraction of sp³-hybridized carbons (Fsp3) is 0.444. The van der Waals surface area contributed by atoms with E-state index in [1.54, 1.807) is 17.4 Å². The van der Waals surface area contributed by atoms with E-state index in [0.29, 0.717) is 18.0 Å². The number of sulfone groups is 1. The van der Waals surface area contributed by atoms with Crippen LogP contribution in [-0.2, 0) is 22.9 Å². The van der Waals surface area contributed by atoms with Gasteiger partial charge in [0, 0.05) is 17.7 Å². The average molecular weight is 522 g/mol. The number of aryl methyl sites for hydroxylation is 3. The smallest absolute Gasteiger partial charge is 0.191 e. The van der Waals surface area contributed by atoms with Crippen molar-refractivity contribution >= 4 is 51.1 Å². The summed E-state index contributed by atoms with van der Waals surface area (Å²) >= 11 is 1.68. The lowest BCUT2D eigenvalue weighted by Crippen LogP contribution is -2.36. The first kappa shape index (κ1) is 23.8. The van der Waals surface area contributed by atoms with E-state index >= 15 is 0 Å². The number of nitrogens with one attached hydrogen (secondary N) is 2. The Hall–Kier alpha value is -1.20. The fourth-order valence-electron chi connectivity index (χ4n) is 2.64. The molecule has 0 bridgehead atoms. The van der Waals surface area contributed by atoms with E-state index in [1.807, 2.05) is 39.8 Å². The van der Waals surface area contributed by atoms with Gasteiger partial charge in [0.1, 0.15) is 0 Å². The minimum atomic E-state index is -3.20. The van der Waals surface area contributed by atoms with E-state index < -0.39 is 9.84 Å². The maximum atomic E-state index is 11.7. The van der Waals surface area contributed by atoms with Crippen LogP contribution in [-0.4, -0.2) is 32.2 Å². The van der Waals surface area contributed by atoms with Gasteiger partial charge < -0.3 is 10.6 Å². The molecule has 27 heavy (non-hydrogen) atoms. The monoisotopic (exact) mass is 522 g/mol. The second-order valence-corrected chi connectivity index (χ2v) is 9.43. The standard InChI is InChI=1S/C18H26N4O2S2.HI/c1-6-19-18(21-11-16-13(3)22-14(4)25-16)20-10-15-7-8-17(12(2)9-15)26(5,23)24;/h7-9H,6,10-11H2,1-5H3,(H2,19,20,21);1H. The molecule has 0 spiro atoms. The molecule has 0 saturated heterocycles. The van der Waals surface area contributed by atoms with Crippen molar-refractivity contribution in [3.8, 4) is 0 Å². The van der Waals surface area contributed by atoms with Gasteiger partial charge in [0.15, 0.2) is 15.8 Å². The summed E-state index contributed by atoms with van der Waals surface area (Å²) in [6.45, 7) is 9.75. The third kappa shape index (κ3) is 7.04. The van der Waals surface area contributed by atoms with Gasteiger partial charge in [-0.2, -0.15) is 0 Å². The number of rotatable bonds is 6. The number of thiazole rings is 1. The summed E-state index contributed by atoms with van der Waals surface area (Å²) in [4.78, 5) is 10.6. The molecule has 150 valence electrons. The van der Waals surface area contributed by atoms with Crippen molar-refractivity contribution in [2.45, 2.75) is 45.7 Å². The summed E-state index contributed by atoms with van der Waals surface area (Å²) in [6.07, 6.45) is 1.23. The van der Waals surface area contributed by atoms with Gasteiger partial charge in [-0.25, -0.2) is 18.4 Å². The molecule has 0 atom stereocenters. The zero-order chi connectivity index (χ0) is 19.3. The molecule has 0 aliphatic heterocycles. The van der Waals surface area contributed by atoms with Crippen molar-refractivity contribution in [1.29, 1.82) is 0 Å².